The number of hydrogen-bond acceptors (Lipinski definition) is 5. The molecule has 0 aliphatic rings. The van der Waals surface area contributed by atoms with Crippen molar-refractivity contribution in [2.75, 3.05) is 11.1 Å². The fourth-order valence-corrected chi connectivity index (χ4v) is 2.55. The van der Waals surface area contributed by atoms with E-state index in [0.717, 1.165) is 13.0 Å². The fourth-order valence-electron chi connectivity index (χ4n) is 2.55. The molecule has 27 heavy (non-hydrogen) atoms. The smallest absolute Gasteiger partial charge is 0.366 e. The average molecular weight is 373 g/mol. The summed E-state index contributed by atoms with van der Waals surface area (Å²) >= 11 is 0. The van der Waals surface area contributed by atoms with Crippen molar-refractivity contribution in [3.63, 3.8) is 0 Å². The van der Waals surface area contributed by atoms with Gasteiger partial charge in [0.15, 0.2) is 0 Å². The number of aromatic nitrogens is 3. The zero-order chi connectivity index (χ0) is 19.6. The van der Waals surface area contributed by atoms with E-state index >= 15 is 0 Å². The number of nitrogens with two attached hydrogens (primary N) is 1. The number of nitrogens with zero attached hydrogens (tertiary/aromatic N) is 3. The molecule has 0 unspecified atom stereocenters. The lowest BCUT2D eigenvalue weighted by Crippen LogP contribution is -2.14. The minimum Gasteiger partial charge on any atom is -0.366 e. The van der Waals surface area contributed by atoms with Crippen LogP contribution in [0.1, 0.15) is 12.5 Å². The van der Waals surface area contributed by atoms with Gasteiger partial charge in [-0.1, -0.05) is 36.4 Å². The molecule has 3 aromatic rings. The number of nitrogen functional groups attached to an aromatic ring is 1. The van der Waals surface area contributed by atoms with Crippen LogP contribution < -0.4 is 11.1 Å². The molecule has 3 rings (SSSR count). The highest BCUT2D eigenvalue weighted by molar-refractivity contribution is 5.90. The minimum absolute atomic E-state index is 0.0940. The summed E-state index contributed by atoms with van der Waals surface area (Å²) < 4.78 is 40.4. The second-order valence-corrected chi connectivity index (χ2v) is 5.67. The van der Waals surface area contributed by atoms with Gasteiger partial charge in [0.1, 0.15) is 11.4 Å². The number of carbonyl (C=O) groups is 1. The molecule has 0 aliphatic carbocycles. The molecule has 0 radical (unpaired) electrons. The Bertz CT molecular complexity index is 990. The van der Waals surface area contributed by atoms with Gasteiger partial charge in [-0.2, -0.15) is 13.2 Å². The van der Waals surface area contributed by atoms with Crippen molar-refractivity contribution in [1.29, 1.82) is 0 Å². The third-order valence-electron chi connectivity index (χ3n) is 3.66. The Hall–Kier alpha value is -3.49. The first kappa shape index (κ1) is 18.3. The largest absolute Gasteiger partial charge is 0.418 e. The average Bonchev–Trinajstić information content (AvgIpc) is 2.61. The predicted molar refractivity (Wildman–Crippen MR) is 94.4 cm³/mol. The van der Waals surface area contributed by atoms with Crippen LogP contribution >= 0.6 is 0 Å². The van der Waals surface area contributed by atoms with E-state index in [1.807, 2.05) is 0 Å². The number of alkyl halides is 3. The van der Waals surface area contributed by atoms with Crippen LogP contribution in [0.4, 0.5) is 24.8 Å². The van der Waals surface area contributed by atoms with E-state index < -0.39 is 17.6 Å². The topological polar surface area (TPSA) is 93.8 Å². The summed E-state index contributed by atoms with van der Waals surface area (Å²) in [5, 5.41) is 9.80. The minimum atomic E-state index is -4.67. The molecule has 0 saturated heterocycles. The van der Waals surface area contributed by atoms with Crippen molar-refractivity contribution in [1.82, 2.24) is 15.2 Å². The first-order chi connectivity index (χ1) is 12.8. The predicted octanol–water partition coefficient (Wildman–Crippen LogP) is 3.77. The first-order valence-corrected chi connectivity index (χ1v) is 7.80. The van der Waals surface area contributed by atoms with Crippen LogP contribution in [0.3, 0.4) is 0 Å². The Kier molecular flexibility index (Phi) is 4.76. The molecule has 0 fully saturated rings. The molecular weight excluding hydrogens is 359 g/mol. The van der Waals surface area contributed by atoms with E-state index in [4.69, 9.17) is 5.73 Å². The van der Waals surface area contributed by atoms with Crippen LogP contribution in [-0.4, -0.2) is 21.1 Å². The Morgan fingerprint density at radius 1 is 1.00 bits per heavy atom. The van der Waals surface area contributed by atoms with Crippen LogP contribution in [0.15, 0.2) is 48.5 Å². The molecule has 2 aromatic carbocycles. The number of rotatable bonds is 3. The van der Waals surface area contributed by atoms with E-state index in [-0.39, 0.29) is 22.9 Å². The van der Waals surface area contributed by atoms with E-state index in [1.165, 1.54) is 12.1 Å². The maximum absolute atomic E-state index is 13.5. The number of hydrogen-bond donors (Lipinski definition) is 2. The van der Waals surface area contributed by atoms with Gasteiger partial charge in [0, 0.05) is 18.1 Å². The van der Waals surface area contributed by atoms with E-state index in [9.17, 15) is 18.0 Å². The second-order valence-electron chi connectivity index (χ2n) is 5.67. The Morgan fingerprint density at radius 2 is 1.70 bits per heavy atom. The fraction of sp³-hybridized carbons (Fsp3) is 0.111. The SMILES string of the molecule is CC(=O)Nc1ccc(-c2nnc(N)nc2-c2ccccc2)cc1C(F)(F)F. The Balaban J connectivity index is 2.19. The van der Waals surface area contributed by atoms with Crippen molar-refractivity contribution in [2.24, 2.45) is 0 Å². The zero-order valence-corrected chi connectivity index (χ0v) is 14.1. The van der Waals surface area contributed by atoms with E-state index in [1.54, 1.807) is 30.3 Å². The standard InChI is InChI=1S/C18H14F3N5O/c1-10(27)23-14-8-7-12(9-13(14)18(19,20)21)16-15(24-17(22)26-25-16)11-5-3-2-4-6-11/h2-9H,1H3,(H,23,27)(H2,22,24,26). The van der Waals surface area contributed by atoms with Gasteiger partial charge in [0.05, 0.1) is 11.3 Å². The Morgan fingerprint density at radius 3 is 2.33 bits per heavy atom. The third-order valence-corrected chi connectivity index (χ3v) is 3.66. The highest BCUT2D eigenvalue weighted by Crippen LogP contribution is 2.38. The lowest BCUT2D eigenvalue weighted by atomic mass is 10.0. The van der Waals surface area contributed by atoms with Crippen LogP contribution in [0, 0.1) is 0 Å². The zero-order valence-electron chi connectivity index (χ0n) is 14.1. The van der Waals surface area contributed by atoms with Crippen LogP contribution in [0.25, 0.3) is 22.5 Å². The summed E-state index contributed by atoms with van der Waals surface area (Å²) in [5.41, 5.74) is 5.52. The monoisotopic (exact) mass is 373 g/mol. The molecule has 0 aliphatic heterocycles. The molecule has 9 heteroatoms. The summed E-state index contributed by atoms with van der Waals surface area (Å²) in [5.74, 6) is -0.698. The second kappa shape index (κ2) is 7.02. The summed E-state index contributed by atoms with van der Waals surface area (Å²) in [6, 6.07) is 12.3. The molecule has 0 saturated carbocycles. The highest BCUT2D eigenvalue weighted by Gasteiger charge is 2.34. The van der Waals surface area contributed by atoms with E-state index in [0.29, 0.717) is 11.3 Å². The maximum Gasteiger partial charge on any atom is 0.418 e. The molecule has 1 heterocycles. The van der Waals surface area contributed by atoms with Crippen molar-refractivity contribution in [3.8, 4) is 22.5 Å². The number of amides is 1. The summed E-state index contributed by atoms with van der Waals surface area (Å²) in [6.45, 7) is 1.14. The first-order valence-electron chi connectivity index (χ1n) is 7.80. The molecular formula is C18H14F3N5O. The molecule has 0 atom stereocenters. The number of benzene rings is 2. The van der Waals surface area contributed by atoms with Gasteiger partial charge in [0.25, 0.3) is 0 Å². The third kappa shape index (κ3) is 4.02. The summed E-state index contributed by atoms with van der Waals surface area (Å²) in [7, 11) is 0. The summed E-state index contributed by atoms with van der Waals surface area (Å²) in [6.07, 6.45) is -4.67. The molecule has 0 bridgehead atoms. The van der Waals surface area contributed by atoms with Crippen LogP contribution in [0.2, 0.25) is 0 Å². The van der Waals surface area contributed by atoms with Gasteiger partial charge in [-0.25, -0.2) is 4.98 Å². The number of anilines is 2. The van der Waals surface area contributed by atoms with Crippen molar-refractivity contribution in [3.05, 3.63) is 54.1 Å². The quantitative estimate of drug-likeness (QED) is 0.729. The van der Waals surface area contributed by atoms with Gasteiger partial charge in [-0.3, -0.25) is 4.79 Å². The maximum atomic E-state index is 13.5. The molecule has 138 valence electrons. The van der Waals surface area contributed by atoms with Crippen molar-refractivity contribution < 1.29 is 18.0 Å². The van der Waals surface area contributed by atoms with Gasteiger partial charge < -0.3 is 11.1 Å². The van der Waals surface area contributed by atoms with Gasteiger partial charge in [0.2, 0.25) is 11.9 Å². The lowest BCUT2D eigenvalue weighted by Gasteiger charge is -2.15. The molecule has 3 N–H and O–H groups in total. The van der Waals surface area contributed by atoms with Gasteiger partial charge in [-0.05, 0) is 12.1 Å². The molecule has 6 nitrogen and oxygen atoms in total. The van der Waals surface area contributed by atoms with E-state index in [2.05, 4.69) is 20.5 Å². The lowest BCUT2D eigenvalue weighted by molar-refractivity contribution is -0.136. The van der Waals surface area contributed by atoms with Gasteiger partial charge in [-0.15, -0.1) is 10.2 Å². The normalized spacial score (nSPS) is 11.3. The van der Waals surface area contributed by atoms with Crippen LogP contribution in [-0.2, 0) is 11.0 Å². The summed E-state index contributed by atoms with van der Waals surface area (Å²) in [4.78, 5) is 15.3. The molecule has 1 amide bonds. The van der Waals surface area contributed by atoms with Crippen molar-refractivity contribution >= 4 is 17.5 Å². The highest BCUT2D eigenvalue weighted by atomic mass is 19.4. The number of nitrogens with one attached hydrogen (secondary N) is 1. The van der Waals surface area contributed by atoms with Crippen LogP contribution in [0.5, 0.6) is 0 Å². The number of carbonyl (C=O) groups excluding carboxylic acids is 1. The molecule has 0 spiro atoms. The Labute approximate surface area is 152 Å². The number of halogens is 3. The van der Waals surface area contributed by atoms with Crippen molar-refractivity contribution in [2.45, 2.75) is 13.1 Å². The van der Waals surface area contributed by atoms with Gasteiger partial charge >= 0.3 is 6.18 Å². The molecule has 1 aromatic heterocycles.